The number of aliphatic hydroxyl groups is 1. The number of hydrogen-bond acceptors (Lipinski definition) is 7. The van der Waals surface area contributed by atoms with Gasteiger partial charge in [-0.2, -0.15) is 0 Å². The molecule has 2 bridgehead atoms. The van der Waals surface area contributed by atoms with Crippen molar-refractivity contribution < 1.29 is 29.3 Å². The predicted octanol–water partition coefficient (Wildman–Crippen LogP) is 3.33. The lowest BCUT2D eigenvalue weighted by Crippen LogP contribution is -2.76. The number of carbonyl (C=O) groups excluding carboxylic acids is 2. The maximum absolute atomic E-state index is 14.6. The fourth-order valence-electron chi connectivity index (χ4n) is 8.51. The van der Waals surface area contributed by atoms with Crippen LogP contribution in [0.4, 0.5) is 0 Å². The van der Waals surface area contributed by atoms with E-state index in [0.717, 1.165) is 22.4 Å². The molecule has 0 aliphatic carbocycles. The van der Waals surface area contributed by atoms with Gasteiger partial charge in [0, 0.05) is 55.5 Å². The van der Waals surface area contributed by atoms with Crippen molar-refractivity contribution in [2.45, 2.75) is 69.3 Å². The number of β-amino-alcohol motifs (C(OH)–C–C–N with tert-alkyl or cyclic N) is 1. The van der Waals surface area contributed by atoms with Gasteiger partial charge in [0.2, 0.25) is 11.8 Å². The fourth-order valence-corrected chi connectivity index (χ4v) is 8.51. The minimum absolute atomic E-state index is 0.0654. The number of rotatable bonds is 11. The summed E-state index contributed by atoms with van der Waals surface area (Å²) in [5.74, 6) is -2.21. The summed E-state index contributed by atoms with van der Waals surface area (Å²) in [6.45, 7) is 5.24. The summed E-state index contributed by atoms with van der Waals surface area (Å²) in [5, 5.41) is 24.3. The highest BCUT2D eigenvalue weighted by Crippen LogP contribution is 2.51. The van der Waals surface area contributed by atoms with Gasteiger partial charge in [0.1, 0.15) is 17.2 Å². The summed E-state index contributed by atoms with van der Waals surface area (Å²) in [5.41, 5.74) is 8.91. The third kappa shape index (κ3) is 5.97. The summed E-state index contributed by atoms with van der Waals surface area (Å²) >= 11 is 0. The van der Waals surface area contributed by atoms with Crippen molar-refractivity contribution in [3.63, 3.8) is 0 Å². The van der Waals surface area contributed by atoms with Crippen molar-refractivity contribution in [1.29, 1.82) is 0 Å². The number of ether oxygens (including phenoxy) is 1. The molecular weight excluding hydrogens is 608 g/mol. The number of likely N-dealkylation sites (tertiary alicyclic amines) is 1. The van der Waals surface area contributed by atoms with Crippen LogP contribution in [0, 0.1) is 11.3 Å². The van der Waals surface area contributed by atoms with Crippen molar-refractivity contribution in [3.05, 3.63) is 101 Å². The van der Waals surface area contributed by atoms with Gasteiger partial charge in [0.05, 0.1) is 13.2 Å². The Bertz CT molecular complexity index is 1600. The molecule has 4 aliphatic heterocycles. The van der Waals surface area contributed by atoms with E-state index in [2.05, 4.69) is 60.5 Å². The molecule has 254 valence electrons. The lowest BCUT2D eigenvalue weighted by Gasteiger charge is -2.60. The number of aliphatic hydroxyl groups excluding tert-OH is 1. The average Bonchev–Trinajstić information content (AvgIpc) is 3.50. The lowest BCUT2D eigenvalue weighted by molar-refractivity contribution is -0.174. The SMILES string of the molecule is COc1ccc(C(C)C)cc1CN[C@@H]1[C@@H](C(c2ccccc2)c2ccccc2)N2CC[C@H]1[C@@](C(N)=O)(C(=O)N1CC(O)CC1C(=O)O)C2. The Hall–Kier alpha value is -4.25. The Morgan fingerprint density at radius 3 is 2.21 bits per heavy atom. The molecule has 0 radical (unpaired) electrons. The molecule has 3 aromatic rings. The van der Waals surface area contributed by atoms with Gasteiger partial charge in [0.15, 0.2) is 0 Å². The number of carbonyl (C=O) groups is 3. The molecule has 7 atom stereocenters. The second-order valence-corrected chi connectivity index (χ2v) is 13.8. The van der Waals surface area contributed by atoms with Crippen LogP contribution in [0.1, 0.15) is 60.8 Å². The molecule has 0 saturated carbocycles. The first-order chi connectivity index (χ1) is 23.1. The predicted molar refractivity (Wildman–Crippen MR) is 181 cm³/mol. The van der Waals surface area contributed by atoms with Crippen molar-refractivity contribution in [3.8, 4) is 5.75 Å². The van der Waals surface area contributed by atoms with E-state index in [4.69, 9.17) is 10.5 Å². The minimum Gasteiger partial charge on any atom is -0.496 e. The molecule has 0 spiro atoms. The van der Waals surface area contributed by atoms with E-state index in [0.29, 0.717) is 25.4 Å². The second kappa shape index (κ2) is 13.7. The van der Waals surface area contributed by atoms with Crippen molar-refractivity contribution in [2.24, 2.45) is 17.1 Å². The van der Waals surface area contributed by atoms with Crippen LogP contribution in [0.25, 0.3) is 0 Å². The van der Waals surface area contributed by atoms with Gasteiger partial charge in [-0.1, -0.05) is 86.6 Å². The number of hydrogen-bond donors (Lipinski definition) is 4. The van der Waals surface area contributed by atoms with Gasteiger partial charge in [-0.3, -0.25) is 14.5 Å². The lowest BCUT2D eigenvalue weighted by atomic mass is 9.58. The number of primary amides is 1. The third-order valence-corrected chi connectivity index (χ3v) is 10.8. The first-order valence-corrected chi connectivity index (χ1v) is 16.8. The molecule has 3 aromatic carbocycles. The fraction of sp³-hybridized carbons (Fsp3) is 0.447. The van der Waals surface area contributed by atoms with E-state index in [1.165, 1.54) is 10.5 Å². The van der Waals surface area contributed by atoms with Crippen LogP contribution in [-0.4, -0.2) is 88.8 Å². The van der Waals surface area contributed by atoms with Gasteiger partial charge in [-0.05, 0) is 41.6 Å². The molecule has 4 fully saturated rings. The Morgan fingerprint density at radius 2 is 1.65 bits per heavy atom. The molecular formula is C38H46N4O6. The molecule has 10 heteroatoms. The Morgan fingerprint density at radius 1 is 1.00 bits per heavy atom. The molecule has 7 rings (SSSR count). The number of benzene rings is 3. The van der Waals surface area contributed by atoms with Gasteiger partial charge in [-0.25, -0.2) is 4.79 Å². The van der Waals surface area contributed by atoms with Crippen LogP contribution < -0.4 is 15.8 Å². The number of aliphatic carboxylic acids is 1. The smallest absolute Gasteiger partial charge is 0.326 e. The van der Waals surface area contributed by atoms with E-state index in [1.54, 1.807) is 7.11 Å². The monoisotopic (exact) mass is 654 g/mol. The molecule has 3 unspecified atom stereocenters. The number of carboxylic acids is 1. The zero-order valence-electron chi connectivity index (χ0n) is 27.8. The summed E-state index contributed by atoms with van der Waals surface area (Å²) in [6, 6.07) is 24.9. The zero-order chi connectivity index (χ0) is 34.2. The molecule has 5 N–H and O–H groups in total. The number of carboxylic acid groups (broad SMARTS) is 1. The first kappa shape index (κ1) is 33.6. The number of nitrogens with zero attached hydrogens (tertiary/aromatic N) is 2. The topological polar surface area (TPSA) is 145 Å². The molecule has 4 aliphatic rings. The standard InChI is InChI=1S/C38H46N4O6/c1-23(2)26-14-15-31(48-3)27(18-26)20-40-33-29-16-17-41(34(33)32(24-10-6-4-7-11-24)25-12-8-5-9-13-25)22-38(29,36(39)46)37(47)42-21-28(43)19-30(42)35(44)45/h4-15,18,23,28-30,32-34,40,43H,16-17,19-22H2,1-3H3,(H2,39,46)(H,44,45)/t28?,29-,30?,33+,34-,38+/m1/s1. The maximum Gasteiger partial charge on any atom is 0.326 e. The van der Waals surface area contributed by atoms with E-state index in [1.807, 2.05) is 42.5 Å². The Balaban J connectivity index is 1.47. The van der Waals surface area contributed by atoms with Gasteiger partial charge in [-0.15, -0.1) is 0 Å². The van der Waals surface area contributed by atoms with Crippen molar-refractivity contribution in [1.82, 2.24) is 15.1 Å². The third-order valence-electron chi connectivity index (χ3n) is 10.8. The van der Waals surface area contributed by atoms with Crippen LogP contribution in [0.15, 0.2) is 78.9 Å². The average molecular weight is 655 g/mol. The number of methoxy groups -OCH3 is 1. The number of piperidine rings is 3. The molecule has 0 aromatic heterocycles. The molecule has 10 nitrogen and oxygen atoms in total. The number of nitrogens with one attached hydrogen (secondary N) is 1. The van der Waals surface area contributed by atoms with E-state index in [-0.39, 0.29) is 31.5 Å². The van der Waals surface area contributed by atoms with Crippen LogP contribution in [0.5, 0.6) is 5.75 Å². The maximum atomic E-state index is 14.6. The molecule has 48 heavy (non-hydrogen) atoms. The highest BCUT2D eigenvalue weighted by Gasteiger charge is 2.65. The minimum atomic E-state index is -1.69. The van der Waals surface area contributed by atoms with Gasteiger partial charge >= 0.3 is 5.97 Å². The quantitative estimate of drug-likeness (QED) is 0.231. The summed E-state index contributed by atoms with van der Waals surface area (Å²) in [4.78, 5) is 44.0. The number of amides is 2. The highest BCUT2D eigenvalue weighted by molar-refractivity contribution is 6.06. The number of fused-ring (bicyclic) bond motifs is 3. The Kier molecular flexibility index (Phi) is 9.60. The van der Waals surface area contributed by atoms with E-state index >= 15 is 0 Å². The molecule has 4 saturated heterocycles. The zero-order valence-corrected chi connectivity index (χ0v) is 27.8. The first-order valence-electron chi connectivity index (χ1n) is 16.8. The largest absolute Gasteiger partial charge is 0.496 e. The summed E-state index contributed by atoms with van der Waals surface area (Å²) in [6.07, 6.45) is -0.579. The van der Waals surface area contributed by atoms with E-state index < -0.39 is 47.3 Å². The Labute approximate surface area is 281 Å². The molecule has 4 heterocycles. The second-order valence-electron chi connectivity index (χ2n) is 13.8. The van der Waals surface area contributed by atoms with Gasteiger partial charge in [0.25, 0.3) is 0 Å². The highest BCUT2D eigenvalue weighted by atomic mass is 16.5. The summed E-state index contributed by atoms with van der Waals surface area (Å²) < 4.78 is 5.76. The van der Waals surface area contributed by atoms with E-state index in [9.17, 15) is 24.6 Å². The summed E-state index contributed by atoms with van der Waals surface area (Å²) in [7, 11) is 1.64. The van der Waals surface area contributed by atoms with Crippen LogP contribution in [-0.2, 0) is 20.9 Å². The van der Waals surface area contributed by atoms with Crippen LogP contribution in [0.3, 0.4) is 0 Å². The number of nitrogens with two attached hydrogens (primary N) is 1. The van der Waals surface area contributed by atoms with Crippen LogP contribution in [0.2, 0.25) is 0 Å². The van der Waals surface area contributed by atoms with Crippen molar-refractivity contribution in [2.75, 3.05) is 26.7 Å². The van der Waals surface area contributed by atoms with Gasteiger partial charge < -0.3 is 30.9 Å². The molecule has 2 amide bonds. The van der Waals surface area contributed by atoms with Crippen molar-refractivity contribution >= 4 is 17.8 Å². The van der Waals surface area contributed by atoms with Crippen LogP contribution >= 0.6 is 0 Å². The normalized spacial score (nSPS) is 28.2.